The molecule has 0 saturated heterocycles. The third-order valence-electron chi connectivity index (χ3n) is 6.25. The summed E-state index contributed by atoms with van der Waals surface area (Å²) >= 11 is 0. The van der Waals surface area contributed by atoms with Crippen LogP contribution in [0.2, 0.25) is 42.3 Å². The zero-order valence-corrected chi connectivity index (χ0v) is 21.7. The Morgan fingerprint density at radius 2 is 1.26 bits per heavy atom. The minimum atomic E-state index is -1.49. The van der Waals surface area contributed by atoms with E-state index in [1.54, 1.807) is 0 Å². The Morgan fingerprint density at radius 3 is 1.57 bits per heavy atom. The average Bonchev–Trinajstić information content (AvgIpc) is 2.29. The monoisotopic (exact) mass is 375 g/mol. The third-order valence-corrected chi connectivity index (χ3v) is 21.8. The fourth-order valence-electron chi connectivity index (χ4n) is 2.76. The van der Waals surface area contributed by atoms with Crippen molar-refractivity contribution in [3.8, 4) is 0 Å². The fraction of sp³-hybridized carbons (Fsp3) is 1.00. The lowest BCUT2D eigenvalue weighted by Gasteiger charge is -2.57. The van der Waals surface area contributed by atoms with Crippen LogP contribution in [0.1, 0.15) is 61.8 Å². The van der Waals surface area contributed by atoms with E-state index in [1.807, 2.05) is 0 Å². The number of nitrogens with zero attached hydrogens (tertiary/aromatic N) is 1. The first kappa shape index (κ1) is 23.6. The van der Waals surface area contributed by atoms with E-state index in [1.165, 1.54) is 19.0 Å². The third kappa shape index (κ3) is 6.42. The van der Waals surface area contributed by atoms with Gasteiger partial charge in [-0.2, -0.15) is 0 Å². The quantitative estimate of drug-likeness (QED) is 0.403. The SMILES string of the molecule is CC(C)O[SiH2]CCCN([Si](C)(C)C(C)(C)C)[Si](C)(C)C(C)(C)C. The van der Waals surface area contributed by atoms with Crippen LogP contribution in [0.15, 0.2) is 0 Å². The highest BCUT2D eigenvalue weighted by molar-refractivity contribution is 6.93. The Morgan fingerprint density at radius 1 is 0.870 bits per heavy atom. The number of hydrogen-bond donors (Lipinski definition) is 0. The highest BCUT2D eigenvalue weighted by atomic mass is 28.4. The molecule has 0 aromatic carbocycles. The number of hydrogen-bond acceptors (Lipinski definition) is 2. The summed E-state index contributed by atoms with van der Waals surface area (Å²) < 4.78 is 8.92. The van der Waals surface area contributed by atoms with Gasteiger partial charge in [0.2, 0.25) is 0 Å². The smallest absolute Gasteiger partial charge is 0.161 e. The van der Waals surface area contributed by atoms with Crippen LogP contribution in [0.3, 0.4) is 0 Å². The van der Waals surface area contributed by atoms with Crippen LogP contribution in [-0.4, -0.2) is 43.1 Å². The maximum Gasteiger partial charge on any atom is 0.161 e. The normalized spacial score (nSPS) is 15.4. The summed E-state index contributed by atoms with van der Waals surface area (Å²) in [5.74, 6) is 0. The van der Waals surface area contributed by atoms with Crippen LogP contribution in [-0.2, 0) is 4.43 Å². The summed E-state index contributed by atoms with van der Waals surface area (Å²) in [6.45, 7) is 30.7. The van der Waals surface area contributed by atoms with Crippen molar-refractivity contribution in [2.45, 2.75) is 110 Å². The van der Waals surface area contributed by atoms with Gasteiger partial charge in [-0.3, -0.25) is 0 Å². The topological polar surface area (TPSA) is 12.5 Å². The highest BCUT2D eigenvalue weighted by Crippen LogP contribution is 2.46. The molecule has 0 heterocycles. The van der Waals surface area contributed by atoms with E-state index in [2.05, 4.69) is 85.8 Å². The Kier molecular flexibility index (Phi) is 8.51. The van der Waals surface area contributed by atoms with Gasteiger partial charge in [0.1, 0.15) is 16.5 Å². The first-order valence-electron chi connectivity index (χ1n) is 9.44. The molecule has 0 N–H and O–H groups in total. The molecular weight excluding hydrogens is 330 g/mol. The Labute approximate surface area is 151 Å². The van der Waals surface area contributed by atoms with Gasteiger partial charge < -0.3 is 8.66 Å². The molecule has 23 heavy (non-hydrogen) atoms. The summed E-state index contributed by atoms with van der Waals surface area (Å²) in [6, 6.07) is 1.32. The maximum absolute atomic E-state index is 5.87. The lowest BCUT2D eigenvalue weighted by molar-refractivity contribution is 0.254. The molecule has 140 valence electrons. The number of rotatable bonds is 8. The van der Waals surface area contributed by atoms with E-state index < -0.39 is 16.5 Å². The lowest BCUT2D eigenvalue weighted by Crippen LogP contribution is -2.68. The van der Waals surface area contributed by atoms with Crippen LogP contribution in [0.25, 0.3) is 0 Å². The van der Waals surface area contributed by atoms with Crippen LogP contribution in [0, 0.1) is 0 Å². The zero-order valence-electron chi connectivity index (χ0n) is 18.3. The van der Waals surface area contributed by atoms with Crippen molar-refractivity contribution in [3.05, 3.63) is 0 Å². The van der Waals surface area contributed by atoms with E-state index in [-0.39, 0.29) is 9.76 Å². The second-order valence-electron chi connectivity index (χ2n) is 10.4. The van der Waals surface area contributed by atoms with Crippen molar-refractivity contribution in [2.24, 2.45) is 0 Å². The molecule has 0 aliphatic heterocycles. The molecule has 0 aliphatic carbocycles. The first-order valence-corrected chi connectivity index (χ1v) is 16.9. The van der Waals surface area contributed by atoms with Gasteiger partial charge >= 0.3 is 0 Å². The van der Waals surface area contributed by atoms with Crippen LogP contribution in [0.5, 0.6) is 0 Å². The van der Waals surface area contributed by atoms with Crippen molar-refractivity contribution in [3.63, 3.8) is 0 Å². The molecule has 0 bridgehead atoms. The fourth-order valence-corrected chi connectivity index (χ4v) is 14.5. The van der Waals surface area contributed by atoms with Crippen molar-refractivity contribution < 1.29 is 4.43 Å². The summed E-state index contributed by atoms with van der Waals surface area (Å²) in [5, 5.41) is 0.822. The minimum absolute atomic E-state index is 0.331. The lowest BCUT2D eigenvalue weighted by atomic mass is 10.2. The summed E-state index contributed by atoms with van der Waals surface area (Å²) in [6.07, 6.45) is 1.73. The van der Waals surface area contributed by atoms with Gasteiger partial charge in [0.05, 0.1) is 0 Å². The second kappa shape index (κ2) is 8.30. The van der Waals surface area contributed by atoms with E-state index in [0.717, 1.165) is 0 Å². The Bertz CT molecular complexity index is 328. The van der Waals surface area contributed by atoms with Gasteiger partial charge in [-0.15, -0.1) is 0 Å². The van der Waals surface area contributed by atoms with Gasteiger partial charge in [-0.1, -0.05) is 67.7 Å². The van der Waals surface area contributed by atoms with Gasteiger partial charge in [0.25, 0.3) is 0 Å². The van der Waals surface area contributed by atoms with Gasteiger partial charge in [0, 0.05) is 6.10 Å². The maximum atomic E-state index is 5.87. The van der Waals surface area contributed by atoms with Crippen molar-refractivity contribution in [1.29, 1.82) is 0 Å². The molecule has 2 nitrogen and oxygen atoms in total. The predicted octanol–water partition coefficient (Wildman–Crippen LogP) is 5.62. The van der Waals surface area contributed by atoms with Crippen LogP contribution >= 0.6 is 0 Å². The van der Waals surface area contributed by atoms with Crippen molar-refractivity contribution in [1.82, 2.24) is 4.23 Å². The summed E-state index contributed by atoms with van der Waals surface area (Å²) in [7, 11) is -3.31. The highest BCUT2D eigenvalue weighted by Gasteiger charge is 2.51. The zero-order chi connectivity index (χ0) is 18.7. The molecule has 0 aromatic rings. The molecule has 0 aliphatic rings. The molecular formula is C18H45NOSi3. The molecule has 0 unspecified atom stereocenters. The van der Waals surface area contributed by atoms with Crippen LogP contribution in [0.4, 0.5) is 0 Å². The molecule has 0 saturated carbocycles. The van der Waals surface area contributed by atoms with E-state index in [0.29, 0.717) is 16.2 Å². The standard InChI is InChI=1S/C18H45NOSi3/c1-16(2)20-21-15-13-14-19(22(9,10)17(3,4)5)23(11,12)18(6,7)8/h16H,13-15,21H2,1-12H3. The molecule has 0 amide bonds. The van der Waals surface area contributed by atoms with Gasteiger partial charge in [0.15, 0.2) is 9.76 Å². The predicted molar refractivity (Wildman–Crippen MR) is 115 cm³/mol. The van der Waals surface area contributed by atoms with Crippen LogP contribution < -0.4 is 0 Å². The molecule has 0 atom stereocenters. The average molecular weight is 376 g/mol. The molecule has 0 spiro atoms. The molecule has 0 radical (unpaired) electrons. The molecule has 0 rings (SSSR count). The van der Waals surface area contributed by atoms with Gasteiger partial charge in [-0.05, 0) is 42.9 Å². The molecule has 5 heteroatoms. The van der Waals surface area contributed by atoms with E-state index >= 15 is 0 Å². The van der Waals surface area contributed by atoms with Gasteiger partial charge in [-0.25, -0.2) is 0 Å². The second-order valence-corrected chi connectivity index (χ2v) is 22.6. The minimum Gasteiger partial charge on any atom is -0.422 e. The van der Waals surface area contributed by atoms with Crippen molar-refractivity contribution in [2.75, 3.05) is 6.54 Å². The molecule has 0 fully saturated rings. The largest absolute Gasteiger partial charge is 0.422 e. The first-order chi connectivity index (χ1) is 10.0. The van der Waals surface area contributed by atoms with E-state index in [9.17, 15) is 0 Å². The van der Waals surface area contributed by atoms with Crippen molar-refractivity contribution >= 4 is 26.2 Å². The molecule has 0 aromatic heterocycles. The Balaban J connectivity index is 5.20. The summed E-state index contributed by atoms with van der Waals surface area (Å²) in [4.78, 5) is 0. The Hall–Kier alpha value is 0.571. The van der Waals surface area contributed by atoms with E-state index in [4.69, 9.17) is 4.43 Å². The summed E-state index contributed by atoms with van der Waals surface area (Å²) in [5.41, 5.74) is 0.